The van der Waals surface area contributed by atoms with Gasteiger partial charge in [-0.25, -0.2) is 0 Å². The molecule has 2 bridgehead atoms. The molecule has 27 heavy (non-hydrogen) atoms. The first-order valence-electron chi connectivity index (χ1n) is 8.68. The average molecular weight is 397 g/mol. The molecule has 1 aromatic heterocycles. The number of aliphatic hydroxyl groups excluding tert-OH is 1. The van der Waals surface area contributed by atoms with Crippen molar-refractivity contribution < 1.29 is 20.8 Å². The van der Waals surface area contributed by atoms with E-state index in [1.807, 2.05) is 24.3 Å². The number of nitrogens with zero attached hydrogens (tertiary/aromatic N) is 2. The maximum Gasteiger partial charge on any atom is 0.119 e. The third-order valence-corrected chi connectivity index (χ3v) is 5.82. The zero-order chi connectivity index (χ0) is 16.7. The highest BCUT2D eigenvalue weighted by Gasteiger charge is 2.42. The van der Waals surface area contributed by atoms with Crippen molar-refractivity contribution in [3.05, 3.63) is 48.7 Å². The maximum absolute atomic E-state index is 11.2. The molecule has 1 aromatic carbocycles. The van der Waals surface area contributed by atoms with E-state index in [1.54, 1.807) is 13.3 Å². The molecule has 0 spiro atoms. The van der Waals surface area contributed by atoms with Gasteiger partial charge in [0.2, 0.25) is 0 Å². The standard InChI is InChI=1S/C20H24N2O2.ClH.2H2O/c1-3-13-12-22-9-7-14(13)10-19(22)20(23)16-6-8-21-18-5-4-15(24-2)11-17(16)18;;;/h3-6,8,11,13-14,19-20,23H,1,7,9-10,12H2,2H3;1H;2*1H2/t13?,14?,19?,20-;;;/m1.../s1. The van der Waals surface area contributed by atoms with Gasteiger partial charge in [-0.1, -0.05) is 6.08 Å². The number of fused-ring (bicyclic) bond motifs is 4. The predicted octanol–water partition coefficient (Wildman–Crippen LogP) is 1.95. The van der Waals surface area contributed by atoms with Crippen LogP contribution >= 0.6 is 12.4 Å². The first-order valence-corrected chi connectivity index (χ1v) is 8.68. The molecule has 7 heteroatoms. The van der Waals surface area contributed by atoms with Gasteiger partial charge >= 0.3 is 0 Å². The fourth-order valence-electron chi connectivity index (χ4n) is 4.44. The molecule has 150 valence electrons. The third-order valence-electron chi connectivity index (χ3n) is 5.82. The summed E-state index contributed by atoms with van der Waals surface area (Å²) in [6.07, 6.45) is 5.62. The largest absolute Gasteiger partial charge is 0.497 e. The van der Waals surface area contributed by atoms with Crippen LogP contribution in [-0.4, -0.2) is 52.2 Å². The Kier molecular flexibility index (Phi) is 8.20. The highest BCUT2D eigenvalue weighted by atomic mass is 35.5. The summed E-state index contributed by atoms with van der Waals surface area (Å²) in [7, 11) is 1.66. The summed E-state index contributed by atoms with van der Waals surface area (Å²) in [5, 5.41) is 12.1. The van der Waals surface area contributed by atoms with E-state index in [4.69, 9.17) is 4.74 Å². The fourth-order valence-corrected chi connectivity index (χ4v) is 4.44. The van der Waals surface area contributed by atoms with Crippen molar-refractivity contribution in [2.75, 3.05) is 20.2 Å². The molecule has 0 radical (unpaired) electrons. The number of ether oxygens (including phenoxy) is 1. The van der Waals surface area contributed by atoms with Crippen LogP contribution in [0.15, 0.2) is 43.1 Å². The minimum Gasteiger partial charge on any atom is -0.497 e. The minimum absolute atomic E-state index is 0. The Labute approximate surface area is 165 Å². The van der Waals surface area contributed by atoms with E-state index in [-0.39, 0.29) is 29.4 Å². The van der Waals surface area contributed by atoms with Crippen molar-refractivity contribution >= 4 is 23.3 Å². The highest BCUT2D eigenvalue weighted by molar-refractivity contribution is 5.85. The number of aliphatic hydroxyl groups is 1. The van der Waals surface area contributed by atoms with Gasteiger partial charge in [0.15, 0.2) is 0 Å². The molecule has 3 fully saturated rings. The van der Waals surface area contributed by atoms with Crippen molar-refractivity contribution in [3.8, 4) is 5.75 Å². The smallest absolute Gasteiger partial charge is 0.119 e. The van der Waals surface area contributed by atoms with Crippen molar-refractivity contribution in [1.82, 2.24) is 9.88 Å². The molecule has 5 rings (SSSR count). The number of rotatable bonds is 4. The van der Waals surface area contributed by atoms with Crippen LogP contribution in [0.2, 0.25) is 0 Å². The fraction of sp³-hybridized carbons (Fsp3) is 0.450. The van der Waals surface area contributed by atoms with Gasteiger partial charge in [-0.3, -0.25) is 9.88 Å². The van der Waals surface area contributed by atoms with Crippen LogP contribution in [0.4, 0.5) is 0 Å². The molecule has 4 heterocycles. The molecule has 2 aromatic rings. The molecule has 5 atom stereocenters. The summed E-state index contributed by atoms with van der Waals surface area (Å²) in [4.78, 5) is 6.86. The second kappa shape index (κ2) is 9.48. The lowest BCUT2D eigenvalue weighted by Crippen LogP contribution is -2.54. The lowest BCUT2D eigenvalue weighted by atomic mass is 9.73. The Bertz CT molecular complexity index is 773. The highest BCUT2D eigenvalue weighted by Crippen LogP contribution is 2.42. The molecule has 4 unspecified atom stereocenters. The van der Waals surface area contributed by atoms with Crippen LogP contribution in [0.25, 0.3) is 10.9 Å². The average Bonchev–Trinajstić information content (AvgIpc) is 2.66. The van der Waals surface area contributed by atoms with Gasteiger partial charge in [0.25, 0.3) is 0 Å². The lowest BCUT2D eigenvalue weighted by Gasteiger charge is -2.50. The second-order valence-corrected chi connectivity index (χ2v) is 6.97. The van der Waals surface area contributed by atoms with E-state index >= 15 is 0 Å². The van der Waals surface area contributed by atoms with Crippen LogP contribution in [0.3, 0.4) is 0 Å². The number of hydrogen-bond donors (Lipinski definition) is 1. The van der Waals surface area contributed by atoms with Crippen molar-refractivity contribution in [3.63, 3.8) is 0 Å². The number of aromatic nitrogens is 1. The Hall–Kier alpha value is -1.70. The summed E-state index contributed by atoms with van der Waals surface area (Å²) in [5.41, 5.74) is 1.85. The summed E-state index contributed by atoms with van der Waals surface area (Å²) >= 11 is 0. The zero-order valence-electron chi connectivity index (χ0n) is 15.5. The van der Waals surface area contributed by atoms with Gasteiger partial charge in [0.05, 0.1) is 18.7 Å². The van der Waals surface area contributed by atoms with Crippen LogP contribution in [0.5, 0.6) is 5.75 Å². The maximum atomic E-state index is 11.2. The Morgan fingerprint density at radius 3 is 2.74 bits per heavy atom. The molecular formula is C20H29ClN2O4. The van der Waals surface area contributed by atoms with Gasteiger partial charge in [0.1, 0.15) is 5.75 Å². The van der Waals surface area contributed by atoms with Crippen LogP contribution in [-0.2, 0) is 0 Å². The lowest BCUT2D eigenvalue weighted by molar-refractivity contribution is -0.0444. The predicted molar refractivity (Wildman–Crippen MR) is 110 cm³/mol. The quantitative estimate of drug-likeness (QED) is 0.796. The molecule has 0 aliphatic carbocycles. The van der Waals surface area contributed by atoms with E-state index in [0.717, 1.165) is 41.7 Å². The van der Waals surface area contributed by atoms with Crippen molar-refractivity contribution in [2.45, 2.75) is 25.0 Å². The van der Waals surface area contributed by atoms with E-state index in [2.05, 4.69) is 22.5 Å². The molecule has 3 aliphatic heterocycles. The topological polar surface area (TPSA) is 109 Å². The Morgan fingerprint density at radius 2 is 2.11 bits per heavy atom. The van der Waals surface area contributed by atoms with Crippen LogP contribution in [0, 0.1) is 11.8 Å². The number of piperidine rings is 3. The Balaban J connectivity index is 0.00000121. The molecule has 0 amide bonds. The van der Waals surface area contributed by atoms with E-state index in [1.165, 1.54) is 6.42 Å². The number of hydrogen-bond acceptors (Lipinski definition) is 4. The molecule has 0 saturated carbocycles. The normalized spacial score (nSPS) is 26.9. The van der Waals surface area contributed by atoms with Gasteiger partial charge in [-0.2, -0.15) is 0 Å². The first-order chi connectivity index (χ1) is 11.7. The van der Waals surface area contributed by atoms with E-state index < -0.39 is 6.10 Å². The van der Waals surface area contributed by atoms with Gasteiger partial charge in [-0.15, -0.1) is 19.0 Å². The molecule has 3 aliphatic rings. The van der Waals surface area contributed by atoms with E-state index in [9.17, 15) is 5.11 Å². The molecule has 3 saturated heterocycles. The second-order valence-electron chi connectivity index (χ2n) is 6.97. The van der Waals surface area contributed by atoms with Gasteiger partial charge in [0, 0.05) is 24.2 Å². The molecule has 6 nitrogen and oxygen atoms in total. The monoisotopic (exact) mass is 396 g/mol. The van der Waals surface area contributed by atoms with Gasteiger partial charge < -0.3 is 20.8 Å². The van der Waals surface area contributed by atoms with Crippen molar-refractivity contribution in [2.24, 2.45) is 11.8 Å². The van der Waals surface area contributed by atoms with Crippen LogP contribution in [0.1, 0.15) is 24.5 Å². The Morgan fingerprint density at radius 1 is 1.33 bits per heavy atom. The third kappa shape index (κ3) is 4.10. The SMILES string of the molecule is C=CC1CN2CCC1CC2[C@H](O)c1ccnc2ccc(OC)cc12.Cl.O.O. The van der Waals surface area contributed by atoms with E-state index in [0.29, 0.717) is 11.8 Å². The number of methoxy groups -OCH3 is 1. The number of benzene rings is 1. The summed E-state index contributed by atoms with van der Waals surface area (Å²) in [5.74, 6) is 2.01. The van der Waals surface area contributed by atoms with Crippen molar-refractivity contribution in [1.29, 1.82) is 0 Å². The molecule has 5 N–H and O–H groups in total. The summed E-state index contributed by atoms with van der Waals surface area (Å²) < 4.78 is 5.35. The number of pyridine rings is 1. The zero-order valence-corrected chi connectivity index (χ0v) is 16.3. The minimum atomic E-state index is -0.504. The summed E-state index contributed by atoms with van der Waals surface area (Å²) in [6, 6.07) is 7.96. The molecular weight excluding hydrogens is 368 g/mol. The van der Waals surface area contributed by atoms with Crippen LogP contribution < -0.4 is 4.74 Å². The first kappa shape index (κ1) is 23.3. The number of halogens is 1. The van der Waals surface area contributed by atoms with Gasteiger partial charge in [-0.05, 0) is 61.1 Å². The summed E-state index contributed by atoms with van der Waals surface area (Å²) in [6.45, 7) is 6.07.